The van der Waals surface area contributed by atoms with Gasteiger partial charge in [-0.15, -0.1) is 0 Å². The van der Waals surface area contributed by atoms with Gasteiger partial charge in [0.05, 0.1) is 18.8 Å². The van der Waals surface area contributed by atoms with Crippen LogP contribution in [-0.4, -0.2) is 61.3 Å². The van der Waals surface area contributed by atoms with Crippen LogP contribution in [0.3, 0.4) is 0 Å². The molecule has 0 unspecified atom stereocenters. The molecule has 1 atom stereocenters. The number of hydrogen-bond donors (Lipinski definition) is 2. The Kier molecular flexibility index (Phi) is 6.72. The molecular weight excluding hydrogens is 323 g/mol. The van der Waals surface area contributed by atoms with Gasteiger partial charge in [-0.05, 0) is 25.0 Å². The number of aliphatic hydroxyl groups excluding tert-OH is 1. The van der Waals surface area contributed by atoms with E-state index in [1.165, 1.54) is 6.07 Å². The summed E-state index contributed by atoms with van der Waals surface area (Å²) in [5, 5.41) is 11.6. The molecule has 134 valence electrons. The van der Waals surface area contributed by atoms with Crippen LogP contribution < -0.4 is 10.2 Å². The number of nitrogens with zero attached hydrogens (tertiary/aromatic N) is 2. The number of anilines is 1. The number of rotatable bonds is 6. The highest BCUT2D eigenvalue weighted by atomic mass is 19.3. The van der Waals surface area contributed by atoms with Gasteiger partial charge in [-0.1, -0.05) is 12.1 Å². The molecule has 1 fully saturated rings. The number of para-hydroxylation sites is 1. The fourth-order valence-electron chi connectivity index (χ4n) is 2.85. The molecule has 1 aromatic carbocycles. The molecule has 1 aliphatic rings. The molecule has 1 saturated heterocycles. The summed E-state index contributed by atoms with van der Waals surface area (Å²) in [5.41, 5.74) is 0.469. The van der Waals surface area contributed by atoms with Gasteiger partial charge in [0, 0.05) is 25.7 Å². The molecule has 0 saturated carbocycles. The van der Waals surface area contributed by atoms with E-state index < -0.39 is 19.0 Å². The van der Waals surface area contributed by atoms with E-state index in [2.05, 4.69) is 5.32 Å². The third-order valence-corrected chi connectivity index (χ3v) is 3.96. The number of carbonyl (C=O) groups is 1. The molecule has 0 spiro atoms. The fourth-order valence-corrected chi connectivity index (χ4v) is 2.85. The molecule has 8 heteroatoms. The first-order chi connectivity index (χ1) is 11.5. The van der Waals surface area contributed by atoms with Crippen molar-refractivity contribution in [3.63, 3.8) is 0 Å². The van der Waals surface area contributed by atoms with E-state index in [4.69, 9.17) is 5.11 Å². The first kappa shape index (κ1) is 18.4. The average molecular weight is 345 g/mol. The zero-order valence-electron chi connectivity index (χ0n) is 13.3. The van der Waals surface area contributed by atoms with Gasteiger partial charge in [-0.3, -0.25) is 0 Å². The van der Waals surface area contributed by atoms with Crippen molar-refractivity contribution in [2.24, 2.45) is 0 Å². The zero-order valence-corrected chi connectivity index (χ0v) is 13.3. The van der Waals surface area contributed by atoms with E-state index >= 15 is 0 Å². The Bertz CT molecular complexity index is 545. The van der Waals surface area contributed by atoms with Crippen molar-refractivity contribution in [3.8, 4) is 0 Å². The Labute approximate surface area is 139 Å². The van der Waals surface area contributed by atoms with Crippen LogP contribution in [0.2, 0.25) is 0 Å². The standard InChI is InChI=1S/C16H22F3N3O2/c17-13-5-1-2-6-14(13)21-7-3-4-12(10-21)20-16(24)22(8-9-23)11-15(18)19/h1-2,5-6,12,15,23H,3-4,7-11H2,(H,20,24)/t12-/m1/s1. The van der Waals surface area contributed by atoms with E-state index in [1.807, 2.05) is 4.90 Å². The molecule has 0 aliphatic carbocycles. The number of alkyl halides is 2. The van der Waals surface area contributed by atoms with Crippen LogP contribution in [-0.2, 0) is 0 Å². The molecule has 1 aromatic rings. The lowest BCUT2D eigenvalue weighted by Gasteiger charge is -2.36. The Balaban J connectivity index is 1.96. The number of halogens is 3. The summed E-state index contributed by atoms with van der Waals surface area (Å²) >= 11 is 0. The fraction of sp³-hybridized carbons (Fsp3) is 0.562. The van der Waals surface area contributed by atoms with Crippen LogP contribution in [0.4, 0.5) is 23.7 Å². The predicted octanol–water partition coefficient (Wildman–Crippen LogP) is 2.06. The highest BCUT2D eigenvalue weighted by molar-refractivity contribution is 5.74. The van der Waals surface area contributed by atoms with E-state index in [1.54, 1.807) is 18.2 Å². The van der Waals surface area contributed by atoms with Crippen molar-refractivity contribution in [3.05, 3.63) is 30.1 Å². The minimum atomic E-state index is -2.66. The highest BCUT2D eigenvalue weighted by Gasteiger charge is 2.25. The van der Waals surface area contributed by atoms with Crippen molar-refractivity contribution in [2.75, 3.05) is 37.7 Å². The van der Waals surface area contributed by atoms with Crippen molar-refractivity contribution < 1.29 is 23.1 Å². The molecule has 1 heterocycles. The summed E-state index contributed by atoms with van der Waals surface area (Å²) in [6, 6.07) is 5.51. The quantitative estimate of drug-likeness (QED) is 0.830. The number of amides is 2. The topological polar surface area (TPSA) is 55.8 Å². The van der Waals surface area contributed by atoms with Crippen LogP contribution in [0.5, 0.6) is 0 Å². The monoisotopic (exact) mass is 345 g/mol. The summed E-state index contributed by atoms with van der Waals surface area (Å²) in [6.07, 6.45) is -1.21. The lowest BCUT2D eigenvalue weighted by atomic mass is 10.0. The number of carbonyl (C=O) groups excluding carboxylic acids is 1. The molecule has 2 rings (SSSR count). The van der Waals surface area contributed by atoms with E-state index in [9.17, 15) is 18.0 Å². The van der Waals surface area contributed by atoms with E-state index in [-0.39, 0.29) is 25.0 Å². The summed E-state index contributed by atoms with van der Waals surface area (Å²) in [6.45, 7) is -0.179. The molecule has 5 nitrogen and oxygen atoms in total. The number of hydrogen-bond acceptors (Lipinski definition) is 3. The summed E-state index contributed by atoms with van der Waals surface area (Å²) in [4.78, 5) is 14.9. The van der Waals surface area contributed by atoms with Gasteiger partial charge >= 0.3 is 6.03 Å². The SMILES string of the molecule is O=C(N[C@@H]1CCCN(c2ccccc2F)C1)N(CCO)CC(F)F. The van der Waals surface area contributed by atoms with Gasteiger partial charge in [0.1, 0.15) is 5.82 Å². The zero-order chi connectivity index (χ0) is 17.5. The van der Waals surface area contributed by atoms with Crippen molar-refractivity contribution in [2.45, 2.75) is 25.3 Å². The lowest BCUT2D eigenvalue weighted by molar-refractivity contribution is 0.0891. The Hall–Kier alpha value is -1.96. The Morgan fingerprint density at radius 3 is 2.83 bits per heavy atom. The minimum Gasteiger partial charge on any atom is -0.395 e. The smallest absolute Gasteiger partial charge is 0.317 e. The highest BCUT2D eigenvalue weighted by Crippen LogP contribution is 2.23. The van der Waals surface area contributed by atoms with Crippen LogP contribution in [0, 0.1) is 5.82 Å². The van der Waals surface area contributed by atoms with Crippen molar-refractivity contribution in [1.82, 2.24) is 10.2 Å². The number of nitrogens with one attached hydrogen (secondary N) is 1. The summed E-state index contributed by atoms with van der Waals surface area (Å²) in [7, 11) is 0. The summed E-state index contributed by atoms with van der Waals surface area (Å²) in [5.74, 6) is -0.330. The Morgan fingerprint density at radius 1 is 1.42 bits per heavy atom. The minimum absolute atomic E-state index is 0.153. The molecule has 0 radical (unpaired) electrons. The molecule has 1 aliphatic heterocycles. The van der Waals surface area contributed by atoms with E-state index in [0.29, 0.717) is 25.2 Å². The number of aliphatic hydroxyl groups is 1. The van der Waals surface area contributed by atoms with Gasteiger partial charge in [0.15, 0.2) is 0 Å². The van der Waals surface area contributed by atoms with Gasteiger partial charge in [0.2, 0.25) is 0 Å². The maximum absolute atomic E-state index is 13.9. The van der Waals surface area contributed by atoms with Gasteiger partial charge in [0.25, 0.3) is 6.43 Å². The average Bonchev–Trinajstić information content (AvgIpc) is 2.54. The lowest BCUT2D eigenvalue weighted by Crippen LogP contribution is -2.53. The molecule has 24 heavy (non-hydrogen) atoms. The van der Waals surface area contributed by atoms with Crippen LogP contribution in [0.1, 0.15) is 12.8 Å². The molecule has 2 amide bonds. The van der Waals surface area contributed by atoms with Gasteiger partial charge < -0.3 is 20.2 Å². The normalized spacial score (nSPS) is 17.9. The number of piperidine rings is 1. The van der Waals surface area contributed by atoms with Crippen molar-refractivity contribution in [1.29, 1.82) is 0 Å². The second-order valence-electron chi connectivity index (χ2n) is 5.75. The van der Waals surface area contributed by atoms with E-state index in [0.717, 1.165) is 11.3 Å². The second kappa shape index (κ2) is 8.77. The molecule has 2 N–H and O–H groups in total. The van der Waals surface area contributed by atoms with Crippen LogP contribution in [0.15, 0.2) is 24.3 Å². The third-order valence-electron chi connectivity index (χ3n) is 3.96. The van der Waals surface area contributed by atoms with Crippen LogP contribution >= 0.6 is 0 Å². The van der Waals surface area contributed by atoms with Crippen LogP contribution in [0.25, 0.3) is 0 Å². The molecule has 0 aromatic heterocycles. The second-order valence-corrected chi connectivity index (χ2v) is 5.75. The molecule has 0 bridgehead atoms. The van der Waals surface area contributed by atoms with Gasteiger partial charge in [-0.2, -0.15) is 0 Å². The predicted molar refractivity (Wildman–Crippen MR) is 84.8 cm³/mol. The summed E-state index contributed by atoms with van der Waals surface area (Å²) < 4.78 is 38.9. The maximum atomic E-state index is 13.9. The Morgan fingerprint density at radius 2 is 2.17 bits per heavy atom. The first-order valence-electron chi connectivity index (χ1n) is 7.95. The number of urea groups is 1. The molecular formula is C16H22F3N3O2. The van der Waals surface area contributed by atoms with Crippen molar-refractivity contribution >= 4 is 11.7 Å². The number of benzene rings is 1. The third kappa shape index (κ3) is 5.02. The van der Waals surface area contributed by atoms with Gasteiger partial charge in [-0.25, -0.2) is 18.0 Å². The largest absolute Gasteiger partial charge is 0.395 e. The maximum Gasteiger partial charge on any atom is 0.317 e. The first-order valence-corrected chi connectivity index (χ1v) is 7.95.